The number of hydrogen-bond donors (Lipinski definition) is 1. The highest BCUT2D eigenvalue weighted by Gasteiger charge is 2.11. The summed E-state index contributed by atoms with van der Waals surface area (Å²) in [5.41, 5.74) is 0. The smallest absolute Gasteiger partial charge is 0.303 e. The molecule has 18 heavy (non-hydrogen) atoms. The number of aliphatic carboxylic acids is 1. The van der Waals surface area contributed by atoms with E-state index in [1.165, 1.54) is 70.6 Å². The molecule has 2 heteroatoms. The van der Waals surface area contributed by atoms with Crippen LogP contribution < -0.4 is 0 Å². The van der Waals surface area contributed by atoms with Gasteiger partial charge in [-0.1, -0.05) is 77.0 Å². The second kappa shape index (κ2) is 10.4. The molecule has 0 aromatic rings. The van der Waals surface area contributed by atoms with Gasteiger partial charge in [-0.2, -0.15) is 0 Å². The van der Waals surface area contributed by atoms with Crippen molar-refractivity contribution in [1.82, 2.24) is 0 Å². The number of carboxylic acid groups (broad SMARTS) is 1. The molecule has 0 atom stereocenters. The van der Waals surface area contributed by atoms with Crippen molar-refractivity contribution < 1.29 is 9.90 Å². The number of hydrogen-bond acceptors (Lipinski definition) is 1. The summed E-state index contributed by atoms with van der Waals surface area (Å²) in [4.78, 5) is 10.3. The van der Waals surface area contributed by atoms with Crippen LogP contribution >= 0.6 is 0 Å². The van der Waals surface area contributed by atoms with Crippen molar-refractivity contribution in [2.24, 2.45) is 5.92 Å². The minimum Gasteiger partial charge on any atom is -0.481 e. The Morgan fingerprint density at radius 2 is 1.39 bits per heavy atom. The molecule has 0 aliphatic heterocycles. The van der Waals surface area contributed by atoms with Crippen LogP contribution in [0.2, 0.25) is 0 Å². The number of unbranched alkanes of at least 4 members (excludes halogenated alkanes) is 5. The standard InChI is InChI=1S/C16H30O2/c17-16(18)14-10-4-2-1-3-7-11-15-12-8-5-6-9-13-15/h15H,1-14H2,(H,17,18). The van der Waals surface area contributed by atoms with Gasteiger partial charge in [-0.05, 0) is 12.3 Å². The normalized spacial score (nSPS) is 17.6. The highest BCUT2D eigenvalue weighted by molar-refractivity contribution is 5.66. The van der Waals surface area contributed by atoms with Gasteiger partial charge in [0.2, 0.25) is 0 Å². The molecule has 0 aromatic heterocycles. The van der Waals surface area contributed by atoms with E-state index in [2.05, 4.69) is 0 Å². The molecule has 2 nitrogen and oxygen atoms in total. The molecule has 0 saturated heterocycles. The summed E-state index contributed by atoms with van der Waals surface area (Å²) < 4.78 is 0. The Morgan fingerprint density at radius 3 is 2.00 bits per heavy atom. The van der Waals surface area contributed by atoms with E-state index in [1.54, 1.807) is 0 Å². The van der Waals surface area contributed by atoms with E-state index in [0.717, 1.165) is 18.8 Å². The van der Waals surface area contributed by atoms with Crippen molar-refractivity contribution in [2.45, 2.75) is 89.9 Å². The molecule has 1 aliphatic rings. The third-order valence-corrected chi connectivity index (χ3v) is 4.23. The van der Waals surface area contributed by atoms with Gasteiger partial charge in [0.15, 0.2) is 0 Å². The van der Waals surface area contributed by atoms with Crippen molar-refractivity contribution in [3.63, 3.8) is 0 Å². The summed E-state index contributed by atoms with van der Waals surface area (Å²) in [5.74, 6) is 0.364. The Kier molecular flexibility index (Phi) is 8.97. The Hall–Kier alpha value is -0.530. The van der Waals surface area contributed by atoms with E-state index in [-0.39, 0.29) is 0 Å². The molecule has 1 aliphatic carbocycles. The van der Waals surface area contributed by atoms with Gasteiger partial charge in [0.25, 0.3) is 0 Å². The molecule has 0 heterocycles. The second-order valence-electron chi connectivity index (χ2n) is 5.91. The van der Waals surface area contributed by atoms with Crippen LogP contribution in [-0.4, -0.2) is 11.1 Å². The first-order valence-electron chi connectivity index (χ1n) is 8.01. The molecule has 0 unspecified atom stereocenters. The summed E-state index contributed by atoms with van der Waals surface area (Å²) >= 11 is 0. The fourth-order valence-electron chi connectivity index (χ4n) is 3.07. The lowest BCUT2D eigenvalue weighted by atomic mass is 9.93. The SMILES string of the molecule is O=C(O)CCCCCCCCC1CCCCCC1. The first kappa shape index (κ1) is 15.5. The van der Waals surface area contributed by atoms with Crippen molar-refractivity contribution in [3.8, 4) is 0 Å². The zero-order valence-electron chi connectivity index (χ0n) is 11.8. The summed E-state index contributed by atoms with van der Waals surface area (Å²) in [6.45, 7) is 0. The van der Waals surface area contributed by atoms with E-state index in [0.29, 0.717) is 6.42 Å². The molecular weight excluding hydrogens is 224 g/mol. The highest BCUT2D eigenvalue weighted by Crippen LogP contribution is 2.27. The molecule has 0 spiro atoms. The van der Waals surface area contributed by atoms with Gasteiger partial charge >= 0.3 is 5.97 Å². The van der Waals surface area contributed by atoms with Crippen LogP contribution in [0.15, 0.2) is 0 Å². The largest absolute Gasteiger partial charge is 0.481 e. The predicted molar refractivity (Wildman–Crippen MR) is 75.8 cm³/mol. The minimum atomic E-state index is -0.650. The zero-order valence-corrected chi connectivity index (χ0v) is 11.8. The van der Waals surface area contributed by atoms with E-state index in [9.17, 15) is 4.79 Å². The maximum Gasteiger partial charge on any atom is 0.303 e. The van der Waals surface area contributed by atoms with Crippen molar-refractivity contribution in [2.75, 3.05) is 0 Å². The lowest BCUT2D eigenvalue weighted by Crippen LogP contribution is -1.98. The van der Waals surface area contributed by atoms with Crippen LogP contribution in [0, 0.1) is 5.92 Å². The van der Waals surface area contributed by atoms with E-state index in [1.807, 2.05) is 0 Å². The Balaban J connectivity index is 1.84. The molecule has 1 fully saturated rings. The van der Waals surface area contributed by atoms with Crippen molar-refractivity contribution in [1.29, 1.82) is 0 Å². The van der Waals surface area contributed by atoms with Gasteiger partial charge in [-0.3, -0.25) is 4.79 Å². The van der Waals surface area contributed by atoms with E-state index < -0.39 is 5.97 Å². The molecule has 1 saturated carbocycles. The Morgan fingerprint density at radius 1 is 0.833 bits per heavy atom. The Bertz CT molecular complexity index is 205. The minimum absolute atomic E-state index is 0.349. The lowest BCUT2D eigenvalue weighted by molar-refractivity contribution is -0.137. The van der Waals surface area contributed by atoms with Gasteiger partial charge in [0.1, 0.15) is 0 Å². The molecule has 0 aromatic carbocycles. The molecular formula is C16H30O2. The van der Waals surface area contributed by atoms with Crippen LogP contribution in [0.3, 0.4) is 0 Å². The van der Waals surface area contributed by atoms with Crippen LogP contribution in [0.4, 0.5) is 0 Å². The topological polar surface area (TPSA) is 37.3 Å². The van der Waals surface area contributed by atoms with Crippen LogP contribution in [0.25, 0.3) is 0 Å². The molecule has 0 radical (unpaired) electrons. The highest BCUT2D eigenvalue weighted by atomic mass is 16.4. The summed E-state index contributed by atoms with van der Waals surface area (Å²) in [6.07, 6.45) is 17.8. The summed E-state index contributed by atoms with van der Waals surface area (Å²) in [5, 5.41) is 8.52. The average molecular weight is 254 g/mol. The quantitative estimate of drug-likeness (QED) is 0.455. The maximum absolute atomic E-state index is 10.3. The first-order valence-corrected chi connectivity index (χ1v) is 8.01. The van der Waals surface area contributed by atoms with Gasteiger partial charge < -0.3 is 5.11 Å². The molecule has 106 valence electrons. The number of carboxylic acids is 1. The van der Waals surface area contributed by atoms with Gasteiger partial charge in [0, 0.05) is 6.42 Å². The van der Waals surface area contributed by atoms with E-state index in [4.69, 9.17) is 5.11 Å². The summed E-state index contributed by atoms with van der Waals surface area (Å²) in [7, 11) is 0. The molecule has 1 N–H and O–H groups in total. The zero-order chi connectivity index (χ0) is 13.1. The summed E-state index contributed by atoms with van der Waals surface area (Å²) in [6, 6.07) is 0. The second-order valence-corrected chi connectivity index (χ2v) is 5.91. The predicted octanol–water partition coefficient (Wildman–Crippen LogP) is 5.16. The fourth-order valence-corrected chi connectivity index (χ4v) is 3.07. The number of carbonyl (C=O) groups is 1. The van der Waals surface area contributed by atoms with Crippen LogP contribution in [0.5, 0.6) is 0 Å². The van der Waals surface area contributed by atoms with Crippen LogP contribution in [-0.2, 0) is 4.79 Å². The monoisotopic (exact) mass is 254 g/mol. The molecule has 0 bridgehead atoms. The van der Waals surface area contributed by atoms with Crippen molar-refractivity contribution in [3.05, 3.63) is 0 Å². The first-order chi connectivity index (χ1) is 8.79. The van der Waals surface area contributed by atoms with Crippen LogP contribution in [0.1, 0.15) is 89.9 Å². The van der Waals surface area contributed by atoms with Gasteiger partial charge in [-0.25, -0.2) is 0 Å². The molecule has 0 amide bonds. The third-order valence-electron chi connectivity index (χ3n) is 4.23. The third kappa shape index (κ3) is 8.54. The number of rotatable bonds is 9. The van der Waals surface area contributed by atoms with E-state index >= 15 is 0 Å². The van der Waals surface area contributed by atoms with Gasteiger partial charge in [0.05, 0.1) is 0 Å². The van der Waals surface area contributed by atoms with Gasteiger partial charge in [-0.15, -0.1) is 0 Å². The fraction of sp³-hybridized carbons (Fsp3) is 0.938. The maximum atomic E-state index is 10.3. The lowest BCUT2D eigenvalue weighted by Gasteiger charge is -2.13. The van der Waals surface area contributed by atoms with Crippen molar-refractivity contribution >= 4 is 5.97 Å². The Labute approximate surface area is 112 Å². The molecule has 1 rings (SSSR count). The average Bonchev–Trinajstić information content (AvgIpc) is 2.61.